The number of halogens is 2. The smallest absolute Gasteiger partial charge is 0.262 e. The largest absolute Gasteiger partial charge is 0.484 e. The van der Waals surface area contributed by atoms with Gasteiger partial charge in [-0.2, -0.15) is 13.5 Å². The molecule has 30 heavy (non-hydrogen) atoms. The van der Waals surface area contributed by atoms with Crippen LogP contribution in [0.1, 0.15) is 26.7 Å². The third kappa shape index (κ3) is 8.35. The second-order valence-corrected chi connectivity index (χ2v) is 7.71. The van der Waals surface area contributed by atoms with Gasteiger partial charge in [-0.05, 0) is 25.5 Å². The van der Waals surface area contributed by atoms with Crippen molar-refractivity contribution in [2.75, 3.05) is 19.8 Å². The lowest BCUT2D eigenvalue weighted by Gasteiger charge is -2.10. The van der Waals surface area contributed by atoms with E-state index >= 15 is 0 Å². The summed E-state index contributed by atoms with van der Waals surface area (Å²) in [5, 5.41) is 5.38. The molecule has 1 fully saturated rings. The minimum absolute atomic E-state index is 0. The summed E-state index contributed by atoms with van der Waals surface area (Å²) >= 11 is 6.81. The summed E-state index contributed by atoms with van der Waals surface area (Å²) in [6.45, 7) is 8.43. The Kier molecular flexibility index (Phi) is 11.6. The highest BCUT2D eigenvalue weighted by Crippen LogP contribution is 2.36. The summed E-state index contributed by atoms with van der Waals surface area (Å²) in [5.41, 5.74) is 0.447. The van der Waals surface area contributed by atoms with Gasteiger partial charge in [0.15, 0.2) is 6.61 Å². The first-order valence-corrected chi connectivity index (χ1v) is 10.3. The van der Waals surface area contributed by atoms with E-state index in [-0.39, 0.29) is 48.9 Å². The van der Waals surface area contributed by atoms with Gasteiger partial charge < -0.3 is 19.6 Å². The molecule has 0 saturated carbocycles. The Balaban J connectivity index is 0.00000450. The summed E-state index contributed by atoms with van der Waals surface area (Å²) in [6, 6.07) is 3.83. The molecule has 1 heterocycles. The average molecular weight is 480 g/mol. The van der Waals surface area contributed by atoms with Crippen molar-refractivity contribution < 1.29 is 22.9 Å². The highest BCUT2D eigenvalue weighted by Gasteiger charge is 2.50. The van der Waals surface area contributed by atoms with E-state index in [1.165, 1.54) is 24.4 Å². The fraction of sp³-hybridized carbons (Fsp3) is 0.474. The Bertz CT molecular complexity index is 756. The van der Waals surface area contributed by atoms with Crippen LogP contribution >= 0.6 is 37.3 Å². The van der Waals surface area contributed by atoms with Gasteiger partial charge in [0.25, 0.3) is 5.91 Å². The summed E-state index contributed by atoms with van der Waals surface area (Å²) < 4.78 is 25.8. The van der Waals surface area contributed by atoms with Crippen LogP contribution in [0.4, 0.5) is 4.39 Å². The van der Waals surface area contributed by atoms with Crippen molar-refractivity contribution in [1.29, 1.82) is 0 Å². The molecule has 0 radical (unpaired) electrons. The van der Waals surface area contributed by atoms with Crippen LogP contribution in [0.5, 0.6) is 5.75 Å². The predicted octanol–water partition coefficient (Wildman–Crippen LogP) is 3.17. The van der Waals surface area contributed by atoms with Crippen LogP contribution in [-0.2, 0) is 13.8 Å². The summed E-state index contributed by atoms with van der Waals surface area (Å²) in [4.78, 5) is 24.1. The molecule has 0 aliphatic carbocycles. The first-order chi connectivity index (χ1) is 13.8. The van der Waals surface area contributed by atoms with E-state index in [0.717, 1.165) is 12.5 Å². The normalized spacial score (nSPS) is 19.4. The summed E-state index contributed by atoms with van der Waals surface area (Å²) in [7, 11) is 0. The van der Waals surface area contributed by atoms with Gasteiger partial charge in [0, 0.05) is 30.8 Å². The molecule has 7 nitrogen and oxygen atoms in total. The minimum atomic E-state index is -0.622. The van der Waals surface area contributed by atoms with Gasteiger partial charge in [0.1, 0.15) is 17.6 Å². The number of hydrogen-bond acceptors (Lipinski definition) is 6. The highest BCUT2D eigenvalue weighted by atomic mass is 35.5. The lowest BCUT2D eigenvalue weighted by Crippen LogP contribution is -2.33. The number of hydrogen-bond donors (Lipinski definition) is 2. The SMILES string of the molecule is C=C(CCNC(=O)C1C(C)N1SOCCC)NC(=O)COc1ccc(Cl)c(F)c1.S. The number of nitrogens with one attached hydrogen (secondary N) is 2. The molecule has 1 aromatic rings. The van der Waals surface area contributed by atoms with Gasteiger partial charge >= 0.3 is 0 Å². The van der Waals surface area contributed by atoms with Crippen LogP contribution in [0, 0.1) is 5.82 Å². The predicted molar refractivity (Wildman–Crippen MR) is 121 cm³/mol. The Morgan fingerprint density at radius 2 is 2.13 bits per heavy atom. The van der Waals surface area contributed by atoms with Crippen LogP contribution in [0.15, 0.2) is 30.5 Å². The van der Waals surface area contributed by atoms with Gasteiger partial charge in [-0.15, -0.1) is 0 Å². The van der Waals surface area contributed by atoms with E-state index in [1.54, 1.807) is 0 Å². The molecule has 0 bridgehead atoms. The number of carbonyl (C=O) groups is 2. The van der Waals surface area contributed by atoms with Crippen molar-refractivity contribution >= 4 is 49.1 Å². The van der Waals surface area contributed by atoms with E-state index in [1.807, 2.05) is 18.2 Å². The molecule has 0 spiro atoms. The van der Waals surface area contributed by atoms with Crippen molar-refractivity contribution in [2.45, 2.75) is 38.8 Å². The molecule has 1 aliphatic heterocycles. The number of ether oxygens (including phenoxy) is 1. The molecule has 11 heteroatoms. The molecule has 3 unspecified atom stereocenters. The average Bonchev–Trinajstić information content (AvgIpc) is 3.32. The van der Waals surface area contributed by atoms with Crippen LogP contribution in [0.3, 0.4) is 0 Å². The molecule has 1 saturated heterocycles. The topological polar surface area (TPSA) is 79.7 Å². The highest BCUT2D eigenvalue weighted by molar-refractivity contribution is 7.92. The zero-order chi connectivity index (χ0) is 21.4. The number of benzene rings is 1. The second kappa shape index (κ2) is 13.1. The van der Waals surface area contributed by atoms with Crippen LogP contribution in [0.25, 0.3) is 0 Å². The van der Waals surface area contributed by atoms with E-state index in [4.69, 9.17) is 20.5 Å². The maximum Gasteiger partial charge on any atom is 0.262 e. The van der Waals surface area contributed by atoms with Crippen molar-refractivity contribution in [1.82, 2.24) is 14.9 Å². The van der Waals surface area contributed by atoms with E-state index in [0.29, 0.717) is 25.3 Å². The maximum atomic E-state index is 13.3. The van der Waals surface area contributed by atoms with Crippen LogP contribution in [0.2, 0.25) is 5.02 Å². The number of nitrogens with zero attached hydrogens (tertiary/aromatic N) is 1. The molecule has 2 rings (SSSR count). The number of rotatable bonds is 12. The Labute approximate surface area is 192 Å². The first-order valence-electron chi connectivity index (χ1n) is 9.24. The lowest BCUT2D eigenvalue weighted by molar-refractivity contribution is -0.122. The van der Waals surface area contributed by atoms with E-state index in [9.17, 15) is 14.0 Å². The van der Waals surface area contributed by atoms with Gasteiger partial charge in [-0.25, -0.2) is 8.70 Å². The molecule has 168 valence electrons. The molecule has 3 atom stereocenters. The molecule has 1 aromatic carbocycles. The van der Waals surface area contributed by atoms with Crippen LogP contribution in [-0.4, -0.2) is 48.0 Å². The quantitative estimate of drug-likeness (QED) is 0.207. The summed E-state index contributed by atoms with van der Waals surface area (Å²) in [6.07, 6.45) is 1.30. The third-order valence-corrected chi connectivity index (χ3v) is 5.35. The molecule has 1 aliphatic rings. The maximum absolute atomic E-state index is 13.3. The molecular formula is C19H27ClFN3O4S2. The van der Waals surface area contributed by atoms with Crippen molar-refractivity contribution in [3.05, 3.63) is 41.3 Å². The Morgan fingerprint density at radius 3 is 2.80 bits per heavy atom. The van der Waals surface area contributed by atoms with Gasteiger partial charge in [-0.1, -0.05) is 25.1 Å². The fourth-order valence-electron chi connectivity index (χ4n) is 2.40. The van der Waals surface area contributed by atoms with Crippen molar-refractivity contribution in [3.63, 3.8) is 0 Å². The molecule has 0 aromatic heterocycles. The van der Waals surface area contributed by atoms with E-state index in [2.05, 4.69) is 17.2 Å². The van der Waals surface area contributed by atoms with Crippen molar-refractivity contribution in [3.8, 4) is 5.75 Å². The van der Waals surface area contributed by atoms with Gasteiger partial charge in [0.2, 0.25) is 5.91 Å². The fourth-order valence-corrected chi connectivity index (χ4v) is 3.45. The number of amides is 2. The lowest BCUT2D eigenvalue weighted by atomic mass is 10.3. The second-order valence-electron chi connectivity index (χ2n) is 6.50. The zero-order valence-electron chi connectivity index (χ0n) is 16.9. The van der Waals surface area contributed by atoms with Gasteiger partial charge in [0.05, 0.1) is 23.9 Å². The minimum Gasteiger partial charge on any atom is -0.484 e. The Morgan fingerprint density at radius 1 is 1.40 bits per heavy atom. The van der Waals surface area contributed by atoms with Crippen LogP contribution < -0.4 is 15.4 Å². The first kappa shape index (κ1) is 26.6. The molecule has 2 amide bonds. The summed E-state index contributed by atoms with van der Waals surface area (Å²) in [5.74, 6) is -0.937. The number of carbonyl (C=O) groups excluding carboxylic acids is 2. The van der Waals surface area contributed by atoms with Crippen molar-refractivity contribution in [2.24, 2.45) is 0 Å². The standard InChI is InChI=1S/C19H25ClFN3O4S.H2S/c1-4-9-28-29-24-13(3)18(24)19(26)22-8-7-12(2)23-17(25)11-27-14-5-6-15(20)16(21)10-14;/h5-6,10,13,18H,2,4,7-9,11H2,1,3H3,(H,22,26)(H,23,25);1H2. The monoisotopic (exact) mass is 479 g/mol. The van der Waals surface area contributed by atoms with E-state index < -0.39 is 11.7 Å². The zero-order valence-corrected chi connectivity index (χ0v) is 19.4. The Hall–Kier alpha value is -1.46. The third-order valence-electron chi connectivity index (χ3n) is 4.04. The van der Waals surface area contributed by atoms with Gasteiger partial charge in [-0.3, -0.25) is 9.59 Å². The molecular weight excluding hydrogens is 453 g/mol. The molecule has 2 N–H and O–H groups in total.